The first-order chi connectivity index (χ1) is 10.3. The lowest BCUT2D eigenvalue weighted by Crippen LogP contribution is -2.29. The Bertz CT molecular complexity index is 511. The van der Waals surface area contributed by atoms with Gasteiger partial charge in [-0.1, -0.05) is 25.1 Å². The lowest BCUT2D eigenvalue weighted by atomic mass is 10.3. The molecule has 1 N–H and O–H groups in total. The maximum atomic E-state index is 5.74. The summed E-state index contributed by atoms with van der Waals surface area (Å²) in [6.07, 6.45) is 1.13. The summed E-state index contributed by atoms with van der Waals surface area (Å²) in [5, 5.41) is 3.40. The first-order valence-electron chi connectivity index (χ1n) is 7.47. The molecule has 0 saturated carbocycles. The minimum atomic E-state index is 0.537. The standard InChI is InChI=1S/C18H23NO2/c1-3-15(2)19-13-14-20-16-9-11-18(12-10-16)21-17-7-5-4-6-8-17/h4-12,15,19H,3,13-14H2,1-2H3. The van der Waals surface area contributed by atoms with Gasteiger partial charge in [-0.05, 0) is 49.7 Å². The minimum absolute atomic E-state index is 0.537. The molecular formula is C18H23NO2. The van der Waals surface area contributed by atoms with Crippen LogP contribution in [0.2, 0.25) is 0 Å². The summed E-state index contributed by atoms with van der Waals surface area (Å²) >= 11 is 0. The van der Waals surface area contributed by atoms with Gasteiger partial charge in [0.15, 0.2) is 0 Å². The zero-order chi connectivity index (χ0) is 14.9. The van der Waals surface area contributed by atoms with Gasteiger partial charge in [-0.25, -0.2) is 0 Å². The second kappa shape index (κ2) is 8.32. The average Bonchev–Trinajstić information content (AvgIpc) is 2.54. The van der Waals surface area contributed by atoms with Gasteiger partial charge in [-0.3, -0.25) is 0 Å². The van der Waals surface area contributed by atoms with Crippen molar-refractivity contribution in [2.45, 2.75) is 26.3 Å². The molecule has 0 aliphatic carbocycles. The topological polar surface area (TPSA) is 30.5 Å². The maximum absolute atomic E-state index is 5.74. The van der Waals surface area contributed by atoms with Crippen LogP contribution in [-0.2, 0) is 0 Å². The summed E-state index contributed by atoms with van der Waals surface area (Å²) in [5.41, 5.74) is 0. The van der Waals surface area contributed by atoms with Crippen molar-refractivity contribution in [1.82, 2.24) is 5.32 Å². The molecule has 1 unspecified atom stereocenters. The molecule has 0 spiro atoms. The highest BCUT2D eigenvalue weighted by atomic mass is 16.5. The minimum Gasteiger partial charge on any atom is -0.492 e. The van der Waals surface area contributed by atoms with Crippen molar-refractivity contribution < 1.29 is 9.47 Å². The summed E-state index contributed by atoms with van der Waals surface area (Å²) in [6, 6.07) is 18.0. The Balaban J connectivity index is 1.77. The normalized spacial score (nSPS) is 11.9. The van der Waals surface area contributed by atoms with E-state index in [1.807, 2.05) is 54.6 Å². The molecule has 0 aliphatic rings. The van der Waals surface area contributed by atoms with Gasteiger partial charge in [0, 0.05) is 12.6 Å². The third kappa shape index (κ3) is 5.48. The Morgan fingerprint density at radius 2 is 1.52 bits per heavy atom. The van der Waals surface area contributed by atoms with Gasteiger partial charge in [-0.2, -0.15) is 0 Å². The van der Waals surface area contributed by atoms with Crippen LogP contribution in [-0.4, -0.2) is 19.2 Å². The SMILES string of the molecule is CCC(C)NCCOc1ccc(Oc2ccccc2)cc1. The van der Waals surface area contributed by atoms with Crippen molar-refractivity contribution in [2.24, 2.45) is 0 Å². The van der Waals surface area contributed by atoms with Gasteiger partial charge in [0.2, 0.25) is 0 Å². The van der Waals surface area contributed by atoms with E-state index in [0.29, 0.717) is 12.6 Å². The Hall–Kier alpha value is -2.00. The Morgan fingerprint density at radius 3 is 2.19 bits per heavy atom. The summed E-state index contributed by atoms with van der Waals surface area (Å²) < 4.78 is 11.4. The predicted octanol–water partition coefficient (Wildman–Crippen LogP) is 4.25. The van der Waals surface area contributed by atoms with Crippen LogP contribution in [0, 0.1) is 0 Å². The van der Waals surface area contributed by atoms with E-state index in [9.17, 15) is 0 Å². The number of para-hydroxylation sites is 1. The van der Waals surface area contributed by atoms with Crippen molar-refractivity contribution in [1.29, 1.82) is 0 Å². The molecule has 3 heteroatoms. The molecule has 0 saturated heterocycles. The number of ether oxygens (including phenoxy) is 2. The highest BCUT2D eigenvalue weighted by Crippen LogP contribution is 2.23. The van der Waals surface area contributed by atoms with Crippen LogP contribution in [0.15, 0.2) is 54.6 Å². The molecule has 2 aromatic rings. The van der Waals surface area contributed by atoms with Gasteiger partial charge >= 0.3 is 0 Å². The van der Waals surface area contributed by atoms with Gasteiger partial charge in [-0.15, -0.1) is 0 Å². The lowest BCUT2D eigenvalue weighted by Gasteiger charge is -2.12. The van der Waals surface area contributed by atoms with Gasteiger partial charge in [0.1, 0.15) is 23.9 Å². The van der Waals surface area contributed by atoms with E-state index in [2.05, 4.69) is 19.2 Å². The molecule has 0 aromatic heterocycles. The first-order valence-corrected chi connectivity index (χ1v) is 7.47. The summed E-state index contributed by atoms with van der Waals surface area (Å²) in [7, 11) is 0. The third-order valence-electron chi connectivity index (χ3n) is 3.28. The fourth-order valence-corrected chi connectivity index (χ4v) is 1.85. The van der Waals surface area contributed by atoms with E-state index in [0.717, 1.165) is 30.2 Å². The molecule has 0 radical (unpaired) electrons. The van der Waals surface area contributed by atoms with E-state index in [1.54, 1.807) is 0 Å². The molecule has 0 bridgehead atoms. The van der Waals surface area contributed by atoms with Gasteiger partial charge in [0.05, 0.1) is 0 Å². The highest BCUT2D eigenvalue weighted by molar-refractivity contribution is 5.35. The van der Waals surface area contributed by atoms with Crippen LogP contribution in [0.25, 0.3) is 0 Å². The van der Waals surface area contributed by atoms with Crippen molar-refractivity contribution in [3.8, 4) is 17.2 Å². The molecule has 0 aliphatic heterocycles. The number of hydrogen-bond donors (Lipinski definition) is 1. The van der Waals surface area contributed by atoms with E-state index in [1.165, 1.54) is 0 Å². The predicted molar refractivity (Wildman–Crippen MR) is 86.2 cm³/mol. The Morgan fingerprint density at radius 1 is 0.905 bits per heavy atom. The molecule has 2 aromatic carbocycles. The monoisotopic (exact) mass is 285 g/mol. The fraction of sp³-hybridized carbons (Fsp3) is 0.333. The van der Waals surface area contributed by atoms with Crippen LogP contribution in [0.1, 0.15) is 20.3 Å². The number of benzene rings is 2. The molecular weight excluding hydrogens is 262 g/mol. The molecule has 2 rings (SSSR count). The Kier molecular flexibility index (Phi) is 6.10. The summed E-state index contributed by atoms with van der Waals surface area (Å²) in [6.45, 7) is 5.88. The Labute approximate surface area is 126 Å². The van der Waals surface area contributed by atoms with Crippen LogP contribution in [0.3, 0.4) is 0 Å². The molecule has 112 valence electrons. The highest BCUT2D eigenvalue weighted by Gasteiger charge is 1.99. The van der Waals surface area contributed by atoms with E-state index < -0.39 is 0 Å². The molecule has 21 heavy (non-hydrogen) atoms. The van der Waals surface area contributed by atoms with Gasteiger partial charge in [0.25, 0.3) is 0 Å². The fourth-order valence-electron chi connectivity index (χ4n) is 1.85. The quantitative estimate of drug-likeness (QED) is 0.736. The second-order valence-electron chi connectivity index (χ2n) is 5.00. The van der Waals surface area contributed by atoms with Crippen LogP contribution in [0.5, 0.6) is 17.2 Å². The molecule has 1 atom stereocenters. The van der Waals surface area contributed by atoms with Crippen molar-refractivity contribution in [3.05, 3.63) is 54.6 Å². The van der Waals surface area contributed by atoms with Gasteiger partial charge < -0.3 is 14.8 Å². The van der Waals surface area contributed by atoms with Crippen LogP contribution >= 0.6 is 0 Å². The first kappa shape index (κ1) is 15.4. The number of hydrogen-bond acceptors (Lipinski definition) is 3. The third-order valence-corrected chi connectivity index (χ3v) is 3.28. The zero-order valence-corrected chi connectivity index (χ0v) is 12.7. The molecule has 0 fully saturated rings. The van der Waals surface area contributed by atoms with Crippen molar-refractivity contribution >= 4 is 0 Å². The van der Waals surface area contributed by atoms with Crippen molar-refractivity contribution in [3.63, 3.8) is 0 Å². The number of nitrogens with one attached hydrogen (secondary N) is 1. The largest absolute Gasteiger partial charge is 0.492 e. The average molecular weight is 285 g/mol. The maximum Gasteiger partial charge on any atom is 0.127 e. The van der Waals surface area contributed by atoms with E-state index in [4.69, 9.17) is 9.47 Å². The molecule has 0 heterocycles. The van der Waals surface area contributed by atoms with Crippen molar-refractivity contribution in [2.75, 3.05) is 13.2 Å². The van der Waals surface area contributed by atoms with Crippen LogP contribution in [0.4, 0.5) is 0 Å². The van der Waals surface area contributed by atoms with E-state index in [-0.39, 0.29) is 0 Å². The van der Waals surface area contributed by atoms with Crippen LogP contribution < -0.4 is 14.8 Å². The van der Waals surface area contributed by atoms with E-state index >= 15 is 0 Å². The smallest absolute Gasteiger partial charge is 0.127 e. The zero-order valence-electron chi connectivity index (χ0n) is 12.7. The number of rotatable bonds is 8. The lowest BCUT2D eigenvalue weighted by molar-refractivity contribution is 0.305. The summed E-state index contributed by atoms with van der Waals surface area (Å²) in [5.74, 6) is 2.51. The second-order valence-corrected chi connectivity index (χ2v) is 5.00. The molecule has 3 nitrogen and oxygen atoms in total. The molecule has 0 amide bonds. The summed E-state index contributed by atoms with van der Waals surface area (Å²) in [4.78, 5) is 0.